The van der Waals surface area contributed by atoms with Gasteiger partial charge in [0.25, 0.3) is 0 Å². The molecule has 11 heavy (non-hydrogen) atoms. The molecule has 1 aromatic rings. The minimum absolute atomic E-state index is 0.290. The zero-order valence-corrected chi connectivity index (χ0v) is 5.74. The highest BCUT2D eigenvalue weighted by Crippen LogP contribution is 2.06. The van der Waals surface area contributed by atoms with Gasteiger partial charge in [0, 0.05) is 11.8 Å². The van der Waals surface area contributed by atoms with Gasteiger partial charge >= 0.3 is 0 Å². The van der Waals surface area contributed by atoms with E-state index < -0.39 is 0 Å². The van der Waals surface area contributed by atoms with Gasteiger partial charge in [-0.2, -0.15) is 0 Å². The van der Waals surface area contributed by atoms with Crippen molar-refractivity contribution in [2.45, 2.75) is 0 Å². The molecule has 4 heteroatoms. The first-order chi connectivity index (χ1) is 5.27. The summed E-state index contributed by atoms with van der Waals surface area (Å²) in [7, 11) is 0. The third-order valence-corrected chi connectivity index (χ3v) is 1.27. The van der Waals surface area contributed by atoms with E-state index in [2.05, 4.69) is 4.98 Å². The zero-order chi connectivity index (χ0) is 8.27. The summed E-state index contributed by atoms with van der Waals surface area (Å²) in [6, 6.07) is 1.47. The number of nitrogens with zero attached hydrogens (tertiary/aromatic N) is 1. The van der Waals surface area contributed by atoms with E-state index in [1.54, 1.807) is 0 Å². The highest BCUT2D eigenvalue weighted by Gasteiger charge is 1.97. The molecule has 1 heterocycles. The van der Waals surface area contributed by atoms with Crippen molar-refractivity contribution < 1.29 is 4.79 Å². The number of hydrogen-bond acceptors (Lipinski definition) is 4. The van der Waals surface area contributed by atoms with Crippen molar-refractivity contribution in [2.75, 3.05) is 5.73 Å². The number of anilines is 1. The highest BCUT2D eigenvalue weighted by molar-refractivity contribution is 5.87. The summed E-state index contributed by atoms with van der Waals surface area (Å²) in [6.45, 7) is 0. The average Bonchev–Trinajstić information content (AvgIpc) is 2.05. The van der Waals surface area contributed by atoms with Crippen LogP contribution < -0.4 is 5.73 Å². The van der Waals surface area contributed by atoms with E-state index in [9.17, 15) is 4.79 Å². The van der Waals surface area contributed by atoms with Crippen molar-refractivity contribution in [1.29, 1.82) is 5.41 Å². The van der Waals surface area contributed by atoms with Crippen LogP contribution >= 0.6 is 0 Å². The van der Waals surface area contributed by atoms with Crippen LogP contribution in [-0.2, 0) is 0 Å². The number of carbonyl (C=O) groups is 1. The molecule has 1 rings (SSSR count). The van der Waals surface area contributed by atoms with E-state index in [0.29, 0.717) is 17.5 Å². The molecule has 0 saturated heterocycles. The van der Waals surface area contributed by atoms with Crippen molar-refractivity contribution in [2.24, 2.45) is 0 Å². The van der Waals surface area contributed by atoms with Crippen LogP contribution in [0.2, 0.25) is 0 Å². The fraction of sp³-hybridized carbons (Fsp3) is 0. The lowest BCUT2D eigenvalue weighted by Gasteiger charge is -1.97. The topological polar surface area (TPSA) is 79.8 Å². The standard InChI is InChI=1S/C7H7N3O/c8-2-5-1-6(4-11)10-3-7(5)9/h1-4,8H,9H2. The summed E-state index contributed by atoms with van der Waals surface area (Å²) in [5.41, 5.74) is 6.64. The number of carbonyl (C=O) groups excluding carboxylic acids is 1. The number of nitrogens with two attached hydrogens (primary N) is 1. The van der Waals surface area contributed by atoms with Gasteiger partial charge in [0.1, 0.15) is 5.69 Å². The van der Waals surface area contributed by atoms with Crippen molar-refractivity contribution in [1.82, 2.24) is 4.98 Å². The van der Waals surface area contributed by atoms with E-state index in [4.69, 9.17) is 11.1 Å². The lowest BCUT2D eigenvalue weighted by atomic mass is 10.2. The van der Waals surface area contributed by atoms with Crippen molar-refractivity contribution >= 4 is 18.2 Å². The van der Waals surface area contributed by atoms with E-state index in [1.165, 1.54) is 12.3 Å². The first-order valence-electron chi connectivity index (χ1n) is 2.99. The minimum atomic E-state index is 0.290. The van der Waals surface area contributed by atoms with Crippen LogP contribution in [0.3, 0.4) is 0 Å². The predicted molar refractivity (Wildman–Crippen MR) is 41.9 cm³/mol. The molecule has 0 saturated carbocycles. The molecule has 0 aliphatic heterocycles. The summed E-state index contributed by atoms with van der Waals surface area (Å²) < 4.78 is 0. The molecule has 0 fully saturated rings. The first-order valence-corrected chi connectivity index (χ1v) is 2.99. The lowest BCUT2D eigenvalue weighted by Crippen LogP contribution is -1.96. The molecule has 56 valence electrons. The van der Waals surface area contributed by atoms with Crippen LogP contribution in [0.25, 0.3) is 0 Å². The Balaban J connectivity index is 3.22. The van der Waals surface area contributed by atoms with Gasteiger partial charge in [-0.1, -0.05) is 0 Å². The summed E-state index contributed by atoms with van der Waals surface area (Å²) in [5.74, 6) is 0. The fourth-order valence-electron chi connectivity index (χ4n) is 0.688. The Hall–Kier alpha value is -1.71. The maximum atomic E-state index is 10.2. The van der Waals surface area contributed by atoms with E-state index in [1.807, 2.05) is 0 Å². The Morgan fingerprint density at radius 3 is 2.91 bits per heavy atom. The van der Waals surface area contributed by atoms with Crippen LogP contribution in [-0.4, -0.2) is 17.5 Å². The van der Waals surface area contributed by atoms with Gasteiger partial charge in [0.15, 0.2) is 6.29 Å². The number of aromatic nitrogens is 1. The molecule has 4 nitrogen and oxygen atoms in total. The number of nitrogen functional groups attached to an aromatic ring is 1. The van der Waals surface area contributed by atoms with Crippen LogP contribution in [0.4, 0.5) is 5.69 Å². The lowest BCUT2D eigenvalue weighted by molar-refractivity contribution is 0.111. The number of pyridine rings is 1. The summed E-state index contributed by atoms with van der Waals surface area (Å²) in [5, 5.41) is 6.91. The Labute approximate surface area is 63.6 Å². The molecule has 0 aliphatic carbocycles. The predicted octanol–water partition coefficient (Wildman–Crippen LogP) is 0.474. The summed E-state index contributed by atoms with van der Waals surface area (Å²) in [4.78, 5) is 13.9. The molecular formula is C7H7N3O. The van der Waals surface area contributed by atoms with Crippen LogP contribution in [0.5, 0.6) is 0 Å². The second-order valence-corrected chi connectivity index (χ2v) is 2.00. The highest BCUT2D eigenvalue weighted by atomic mass is 16.1. The molecule has 0 unspecified atom stereocenters. The van der Waals surface area contributed by atoms with Gasteiger partial charge in [0.05, 0.1) is 11.9 Å². The maximum Gasteiger partial charge on any atom is 0.168 e. The molecule has 0 bridgehead atoms. The van der Waals surface area contributed by atoms with Crippen molar-refractivity contribution in [3.8, 4) is 0 Å². The van der Waals surface area contributed by atoms with Crippen LogP contribution in [0, 0.1) is 5.41 Å². The largest absolute Gasteiger partial charge is 0.397 e. The molecule has 0 aromatic carbocycles. The van der Waals surface area contributed by atoms with Crippen LogP contribution in [0.15, 0.2) is 12.3 Å². The quantitative estimate of drug-likeness (QED) is 0.474. The molecule has 0 spiro atoms. The van der Waals surface area contributed by atoms with Crippen molar-refractivity contribution in [3.05, 3.63) is 23.5 Å². The van der Waals surface area contributed by atoms with E-state index in [0.717, 1.165) is 6.21 Å². The van der Waals surface area contributed by atoms with Gasteiger partial charge in [-0.25, -0.2) is 0 Å². The third kappa shape index (κ3) is 1.40. The van der Waals surface area contributed by atoms with Gasteiger partial charge in [-0.3, -0.25) is 9.78 Å². The molecular weight excluding hydrogens is 142 g/mol. The van der Waals surface area contributed by atoms with Gasteiger partial charge in [-0.15, -0.1) is 0 Å². The molecule has 0 aliphatic rings. The normalized spacial score (nSPS) is 9.09. The minimum Gasteiger partial charge on any atom is -0.397 e. The summed E-state index contributed by atoms with van der Waals surface area (Å²) >= 11 is 0. The fourth-order valence-corrected chi connectivity index (χ4v) is 0.688. The monoisotopic (exact) mass is 149 g/mol. The second-order valence-electron chi connectivity index (χ2n) is 2.00. The Bertz CT molecular complexity index is 296. The molecule has 3 N–H and O–H groups in total. The van der Waals surface area contributed by atoms with E-state index >= 15 is 0 Å². The Morgan fingerprint density at radius 1 is 1.64 bits per heavy atom. The zero-order valence-electron chi connectivity index (χ0n) is 5.74. The Morgan fingerprint density at radius 2 is 2.36 bits per heavy atom. The van der Waals surface area contributed by atoms with Crippen LogP contribution in [0.1, 0.15) is 16.1 Å². The van der Waals surface area contributed by atoms with Crippen molar-refractivity contribution in [3.63, 3.8) is 0 Å². The second kappa shape index (κ2) is 2.92. The van der Waals surface area contributed by atoms with E-state index in [-0.39, 0.29) is 5.69 Å². The third-order valence-electron chi connectivity index (χ3n) is 1.27. The molecule has 0 radical (unpaired) electrons. The Kier molecular flexibility index (Phi) is 1.96. The summed E-state index contributed by atoms with van der Waals surface area (Å²) in [6.07, 6.45) is 3.07. The number of nitrogens with one attached hydrogen (secondary N) is 1. The SMILES string of the molecule is N=Cc1cc(C=O)ncc1N. The number of hydrogen-bond donors (Lipinski definition) is 2. The maximum absolute atomic E-state index is 10.2. The smallest absolute Gasteiger partial charge is 0.168 e. The number of aldehydes is 1. The average molecular weight is 149 g/mol. The first kappa shape index (κ1) is 7.40. The number of rotatable bonds is 2. The molecule has 1 aromatic heterocycles. The van der Waals surface area contributed by atoms with Gasteiger partial charge < -0.3 is 11.1 Å². The van der Waals surface area contributed by atoms with Gasteiger partial charge in [0.2, 0.25) is 0 Å². The molecule has 0 amide bonds. The molecule has 0 atom stereocenters. The van der Waals surface area contributed by atoms with Gasteiger partial charge in [-0.05, 0) is 6.07 Å².